The lowest BCUT2D eigenvalue weighted by Crippen LogP contribution is -2.61. The number of fused-ring (bicyclic) bond motifs is 3. The van der Waals surface area contributed by atoms with Crippen molar-refractivity contribution in [3.05, 3.63) is 12.7 Å². The number of rotatable bonds is 1. The molecule has 0 bridgehead atoms. The van der Waals surface area contributed by atoms with Crippen LogP contribution in [0.3, 0.4) is 0 Å². The molecular weight excluding hydrogens is 256 g/mol. The molecular formula is C20H34O. The van der Waals surface area contributed by atoms with Crippen LogP contribution in [0.2, 0.25) is 0 Å². The van der Waals surface area contributed by atoms with Crippen LogP contribution in [0, 0.1) is 28.1 Å². The van der Waals surface area contributed by atoms with Gasteiger partial charge in [0.1, 0.15) is 0 Å². The van der Waals surface area contributed by atoms with E-state index in [0.717, 1.165) is 18.8 Å². The Labute approximate surface area is 131 Å². The SMILES string of the molecule is C=CC1(C)CCC2C(O)(CCC3C(C)(C)CCCC32C)C1. The monoisotopic (exact) mass is 290 g/mol. The van der Waals surface area contributed by atoms with Crippen molar-refractivity contribution in [2.75, 3.05) is 0 Å². The summed E-state index contributed by atoms with van der Waals surface area (Å²) in [6.45, 7) is 13.8. The third-order valence-corrected chi connectivity index (χ3v) is 7.79. The molecule has 3 fully saturated rings. The largest absolute Gasteiger partial charge is 0.390 e. The molecule has 21 heavy (non-hydrogen) atoms. The summed E-state index contributed by atoms with van der Waals surface area (Å²) >= 11 is 0. The van der Waals surface area contributed by atoms with Gasteiger partial charge in [0, 0.05) is 0 Å². The number of aliphatic hydroxyl groups is 1. The molecule has 1 heteroatoms. The smallest absolute Gasteiger partial charge is 0.0689 e. The van der Waals surface area contributed by atoms with Crippen molar-refractivity contribution < 1.29 is 5.11 Å². The molecule has 0 spiro atoms. The first-order valence-electron chi connectivity index (χ1n) is 9.01. The topological polar surface area (TPSA) is 20.2 Å². The third kappa shape index (κ3) is 2.22. The van der Waals surface area contributed by atoms with Gasteiger partial charge in [-0.3, -0.25) is 0 Å². The van der Waals surface area contributed by atoms with Gasteiger partial charge in [-0.1, -0.05) is 40.2 Å². The van der Waals surface area contributed by atoms with Gasteiger partial charge in [-0.2, -0.15) is 0 Å². The Bertz CT molecular complexity index is 439. The predicted molar refractivity (Wildman–Crippen MR) is 89.1 cm³/mol. The number of hydrogen-bond donors (Lipinski definition) is 1. The van der Waals surface area contributed by atoms with Crippen molar-refractivity contribution in [3.63, 3.8) is 0 Å². The fraction of sp³-hybridized carbons (Fsp3) is 0.900. The van der Waals surface area contributed by atoms with Crippen molar-refractivity contribution in [3.8, 4) is 0 Å². The van der Waals surface area contributed by atoms with E-state index in [1.54, 1.807) is 0 Å². The van der Waals surface area contributed by atoms with E-state index in [1.165, 1.54) is 38.5 Å². The summed E-state index contributed by atoms with van der Waals surface area (Å²) in [5, 5.41) is 11.5. The fourth-order valence-corrected chi connectivity index (χ4v) is 6.73. The van der Waals surface area contributed by atoms with Crippen molar-refractivity contribution in [1.29, 1.82) is 0 Å². The minimum Gasteiger partial charge on any atom is -0.390 e. The van der Waals surface area contributed by atoms with E-state index in [-0.39, 0.29) is 5.41 Å². The van der Waals surface area contributed by atoms with E-state index in [0.29, 0.717) is 16.7 Å². The van der Waals surface area contributed by atoms with Gasteiger partial charge < -0.3 is 5.11 Å². The van der Waals surface area contributed by atoms with E-state index in [2.05, 4.69) is 40.3 Å². The fourth-order valence-electron chi connectivity index (χ4n) is 6.73. The second kappa shape index (κ2) is 4.60. The van der Waals surface area contributed by atoms with Gasteiger partial charge >= 0.3 is 0 Å². The van der Waals surface area contributed by atoms with Crippen LogP contribution in [0.25, 0.3) is 0 Å². The minimum atomic E-state index is -0.445. The third-order valence-electron chi connectivity index (χ3n) is 7.79. The van der Waals surface area contributed by atoms with E-state index in [4.69, 9.17) is 0 Å². The van der Waals surface area contributed by atoms with Crippen molar-refractivity contribution in [2.24, 2.45) is 28.1 Å². The molecule has 0 radical (unpaired) electrons. The van der Waals surface area contributed by atoms with Gasteiger partial charge in [0.25, 0.3) is 0 Å². The maximum Gasteiger partial charge on any atom is 0.0689 e. The van der Waals surface area contributed by atoms with Crippen molar-refractivity contribution in [2.45, 2.75) is 84.7 Å². The predicted octanol–water partition coefficient (Wildman–Crippen LogP) is 5.34. The quantitative estimate of drug-likeness (QED) is 0.647. The van der Waals surface area contributed by atoms with Crippen LogP contribution in [-0.4, -0.2) is 10.7 Å². The van der Waals surface area contributed by atoms with Gasteiger partial charge in [0.05, 0.1) is 5.60 Å². The summed E-state index contributed by atoms with van der Waals surface area (Å²) in [5.74, 6) is 1.29. The Hall–Kier alpha value is -0.300. The molecule has 5 atom stereocenters. The Balaban J connectivity index is 1.94. The molecule has 0 aliphatic heterocycles. The second-order valence-corrected chi connectivity index (χ2v) is 9.67. The average molecular weight is 290 g/mol. The molecule has 0 saturated heterocycles. The molecule has 0 amide bonds. The van der Waals surface area contributed by atoms with Crippen LogP contribution in [0.4, 0.5) is 0 Å². The molecule has 1 nitrogen and oxygen atoms in total. The van der Waals surface area contributed by atoms with Crippen molar-refractivity contribution in [1.82, 2.24) is 0 Å². The molecule has 5 unspecified atom stereocenters. The van der Waals surface area contributed by atoms with Gasteiger partial charge in [-0.15, -0.1) is 6.58 Å². The zero-order valence-corrected chi connectivity index (χ0v) is 14.5. The lowest BCUT2D eigenvalue weighted by molar-refractivity contribution is -0.202. The summed E-state index contributed by atoms with van der Waals surface area (Å²) < 4.78 is 0. The highest BCUT2D eigenvalue weighted by Crippen LogP contribution is 2.66. The van der Waals surface area contributed by atoms with E-state index >= 15 is 0 Å². The molecule has 0 heterocycles. The maximum atomic E-state index is 11.5. The Morgan fingerprint density at radius 1 is 0.952 bits per heavy atom. The van der Waals surface area contributed by atoms with Crippen LogP contribution in [0.1, 0.15) is 79.1 Å². The van der Waals surface area contributed by atoms with Crippen LogP contribution in [-0.2, 0) is 0 Å². The Morgan fingerprint density at radius 3 is 2.29 bits per heavy atom. The first kappa shape index (κ1) is 15.6. The molecule has 3 aliphatic rings. The molecule has 0 aromatic heterocycles. The molecule has 3 rings (SSSR count). The molecule has 3 aliphatic carbocycles. The number of hydrogen-bond acceptors (Lipinski definition) is 1. The van der Waals surface area contributed by atoms with Gasteiger partial charge in [-0.25, -0.2) is 0 Å². The molecule has 0 aromatic carbocycles. The first-order chi connectivity index (χ1) is 9.65. The highest BCUT2D eigenvalue weighted by molar-refractivity contribution is 5.13. The van der Waals surface area contributed by atoms with Crippen molar-refractivity contribution >= 4 is 0 Å². The summed E-state index contributed by atoms with van der Waals surface area (Å²) in [7, 11) is 0. The Kier molecular flexibility index (Phi) is 3.41. The van der Waals surface area contributed by atoms with Crippen LogP contribution < -0.4 is 0 Å². The summed E-state index contributed by atoms with van der Waals surface area (Å²) in [6, 6.07) is 0. The first-order valence-corrected chi connectivity index (χ1v) is 9.01. The minimum absolute atomic E-state index is 0.138. The highest BCUT2D eigenvalue weighted by Gasteiger charge is 2.61. The standard InChI is InChI=1S/C20H34O/c1-6-18(4)12-8-16-19(5)11-7-10-17(2,3)15(19)9-13-20(16,21)14-18/h6,15-16,21H,1,7-14H2,2-5H3. The van der Waals surface area contributed by atoms with Crippen LogP contribution in [0.15, 0.2) is 12.7 Å². The zero-order chi connectivity index (χ0) is 15.5. The lowest BCUT2D eigenvalue weighted by atomic mass is 9.42. The Morgan fingerprint density at radius 2 is 1.62 bits per heavy atom. The molecule has 120 valence electrons. The lowest BCUT2D eigenvalue weighted by Gasteiger charge is -2.64. The maximum absolute atomic E-state index is 11.5. The zero-order valence-electron chi connectivity index (χ0n) is 14.5. The summed E-state index contributed by atoms with van der Waals surface area (Å²) in [4.78, 5) is 0. The molecule has 1 N–H and O–H groups in total. The van der Waals surface area contributed by atoms with Crippen LogP contribution >= 0.6 is 0 Å². The number of allylic oxidation sites excluding steroid dienone is 1. The van der Waals surface area contributed by atoms with E-state index < -0.39 is 5.60 Å². The van der Waals surface area contributed by atoms with E-state index in [9.17, 15) is 5.11 Å². The highest BCUT2D eigenvalue weighted by atomic mass is 16.3. The van der Waals surface area contributed by atoms with Gasteiger partial charge in [0.2, 0.25) is 0 Å². The van der Waals surface area contributed by atoms with Crippen LogP contribution in [0.5, 0.6) is 0 Å². The van der Waals surface area contributed by atoms with Gasteiger partial charge in [-0.05, 0) is 73.0 Å². The summed E-state index contributed by atoms with van der Waals surface area (Å²) in [5.41, 5.74) is 0.489. The summed E-state index contributed by atoms with van der Waals surface area (Å²) in [6.07, 6.45) is 11.6. The average Bonchev–Trinajstić information content (AvgIpc) is 2.36. The normalized spacial score (nSPS) is 52.6. The molecule has 3 saturated carbocycles. The van der Waals surface area contributed by atoms with Gasteiger partial charge in [0.15, 0.2) is 0 Å². The second-order valence-electron chi connectivity index (χ2n) is 9.67. The van der Waals surface area contributed by atoms with E-state index in [1.807, 2.05) is 0 Å². The molecule has 0 aromatic rings.